The van der Waals surface area contributed by atoms with Crippen molar-refractivity contribution in [2.75, 3.05) is 0 Å². The normalized spacial score (nSPS) is 32.7. The van der Waals surface area contributed by atoms with Crippen LogP contribution in [0.4, 0.5) is 0 Å². The summed E-state index contributed by atoms with van der Waals surface area (Å²) in [5, 5.41) is 13.0. The first kappa shape index (κ1) is 9.01. The van der Waals surface area contributed by atoms with E-state index in [1.807, 2.05) is 13.8 Å². The van der Waals surface area contributed by atoms with E-state index >= 15 is 0 Å². The Hall–Kier alpha value is -0.0800. The van der Waals surface area contributed by atoms with E-state index in [9.17, 15) is 5.11 Å². The van der Waals surface area contributed by atoms with E-state index < -0.39 is 5.60 Å². The lowest BCUT2D eigenvalue weighted by molar-refractivity contribution is 0.0610. The average molecular weight is 157 g/mol. The monoisotopic (exact) mass is 157 g/mol. The van der Waals surface area contributed by atoms with Crippen LogP contribution in [0.2, 0.25) is 0 Å². The summed E-state index contributed by atoms with van der Waals surface area (Å²) in [6.45, 7) is 5.94. The van der Waals surface area contributed by atoms with E-state index in [0.29, 0.717) is 12.1 Å². The molecular weight excluding hydrogens is 138 g/mol. The van der Waals surface area contributed by atoms with Gasteiger partial charge >= 0.3 is 0 Å². The lowest BCUT2D eigenvalue weighted by Crippen LogP contribution is -2.34. The SMILES string of the molecule is CC1CCC(CC(C)(C)O)N1. The van der Waals surface area contributed by atoms with Gasteiger partial charge in [-0.05, 0) is 40.0 Å². The second-order valence-corrected chi connectivity index (χ2v) is 4.36. The number of rotatable bonds is 2. The van der Waals surface area contributed by atoms with Crippen LogP contribution < -0.4 is 5.32 Å². The fourth-order valence-electron chi connectivity index (χ4n) is 1.78. The Bertz CT molecular complexity index is 128. The van der Waals surface area contributed by atoms with E-state index in [-0.39, 0.29) is 0 Å². The van der Waals surface area contributed by atoms with Gasteiger partial charge in [0.15, 0.2) is 0 Å². The van der Waals surface area contributed by atoms with Crippen LogP contribution in [0.15, 0.2) is 0 Å². The van der Waals surface area contributed by atoms with Crippen molar-refractivity contribution in [3.63, 3.8) is 0 Å². The Morgan fingerprint density at radius 3 is 2.45 bits per heavy atom. The van der Waals surface area contributed by atoms with Crippen LogP contribution in [0.5, 0.6) is 0 Å². The second kappa shape index (κ2) is 3.11. The summed E-state index contributed by atoms with van der Waals surface area (Å²) in [5.74, 6) is 0. The number of hydrogen-bond acceptors (Lipinski definition) is 2. The Morgan fingerprint density at radius 1 is 1.45 bits per heavy atom. The smallest absolute Gasteiger partial charge is 0.0606 e. The van der Waals surface area contributed by atoms with Gasteiger partial charge in [0, 0.05) is 12.1 Å². The Morgan fingerprint density at radius 2 is 2.09 bits per heavy atom. The molecule has 0 saturated carbocycles. The molecule has 0 aromatic rings. The van der Waals surface area contributed by atoms with Crippen LogP contribution in [-0.4, -0.2) is 22.8 Å². The van der Waals surface area contributed by atoms with Gasteiger partial charge in [-0.1, -0.05) is 0 Å². The first-order valence-corrected chi connectivity index (χ1v) is 4.46. The van der Waals surface area contributed by atoms with Gasteiger partial charge in [0.25, 0.3) is 0 Å². The zero-order valence-corrected chi connectivity index (χ0v) is 7.72. The molecule has 2 N–H and O–H groups in total. The molecule has 11 heavy (non-hydrogen) atoms. The predicted molar refractivity (Wildman–Crippen MR) is 46.5 cm³/mol. The summed E-state index contributed by atoms with van der Waals surface area (Å²) in [4.78, 5) is 0. The molecule has 1 saturated heterocycles. The van der Waals surface area contributed by atoms with Gasteiger partial charge in [-0.15, -0.1) is 0 Å². The van der Waals surface area contributed by atoms with Crippen LogP contribution in [0.3, 0.4) is 0 Å². The van der Waals surface area contributed by atoms with Crippen LogP contribution in [0, 0.1) is 0 Å². The Kier molecular flexibility index (Phi) is 2.55. The molecule has 1 heterocycles. The fourth-order valence-corrected chi connectivity index (χ4v) is 1.78. The first-order valence-electron chi connectivity index (χ1n) is 4.46. The van der Waals surface area contributed by atoms with Crippen LogP contribution in [-0.2, 0) is 0 Å². The molecular formula is C9H19NO. The molecule has 0 spiro atoms. The lowest BCUT2D eigenvalue weighted by atomic mass is 9.98. The summed E-state index contributed by atoms with van der Waals surface area (Å²) in [7, 11) is 0. The van der Waals surface area contributed by atoms with Gasteiger partial charge in [0.2, 0.25) is 0 Å². The van der Waals surface area contributed by atoms with Crippen molar-refractivity contribution in [1.29, 1.82) is 0 Å². The van der Waals surface area contributed by atoms with Crippen LogP contribution in [0.1, 0.15) is 40.0 Å². The molecule has 0 aromatic carbocycles. The van der Waals surface area contributed by atoms with Gasteiger partial charge in [-0.2, -0.15) is 0 Å². The molecule has 2 heteroatoms. The Balaban J connectivity index is 2.29. The Labute approximate surface area is 69.0 Å². The molecule has 0 aliphatic carbocycles. The van der Waals surface area contributed by atoms with Crippen molar-refractivity contribution in [3.8, 4) is 0 Å². The second-order valence-electron chi connectivity index (χ2n) is 4.36. The zero-order valence-electron chi connectivity index (χ0n) is 7.72. The van der Waals surface area contributed by atoms with Crippen molar-refractivity contribution in [2.45, 2.75) is 57.7 Å². The minimum absolute atomic E-state index is 0.512. The molecule has 1 fully saturated rings. The van der Waals surface area contributed by atoms with Gasteiger partial charge in [-0.25, -0.2) is 0 Å². The molecule has 0 bridgehead atoms. The van der Waals surface area contributed by atoms with Gasteiger partial charge < -0.3 is 10.4 Å². The molecule has 1 aliphatic rings. The molecule has 66 valence electrons. The van der Waals surface area contributed by atoms with Crippen molar-refractivity contribution >= 4 is 0 Å². The third-order valence-electron chi connectivity index (χ3n) is 2.21. The number of nitrogens with one attached hydrogen (secondary N) is 1. The highest BCUT2D eigenvalue weighted by Gasteiger charge is 2.25. The maximum Gasteiger partial charge on any atom is 0.0606 e. The molecule has 2 unspecified atom stereocenters. The molecule has 1 rings (SSSR count). The predicted octanol–water partition coefficient (Wildman–Crippen LogP) is 1.29. The average Bonchev–Trinajstić information content (AvgIpc) is 2.10. The standard InChI is InChI=1S/C9H19NO/c1-7-4-5-8(10-7)6-9(2,3)11/h7-8,10-11H,4-6H2,1-3H3. The van der Waals surface area contributed by atoms with E-state index in [4.69, 9.17) is 0 Å². The minimum Gasteiger partial charge on any atom is -0.390 e. The van der Waals surface area contributed by atoms with Crippen LogP contribution in [0.25, 0.3) is 0 Å². The van der Waals surface area contributed by atoms with E-state index in [0.717, 1.165) is 6.42 Å². The summed E-state index contributed by atoms with van der Waals surface area (Å²) in [6.07, 6.45) is 3.34. The first-order chi connectivity index (χ1) is 4.97. The van der Waals surface area contributed by atoms with Gasteiger partial charge in [0.1, 0.15) is 0 Å². The molecule has 0 amide bonds. The van der Waals surface area contributed by atoms with Crippen molar-refractivity contribution in [1.82, 2.24) is 5.32 Å². The summed E-state index contributed by atoms with van der Waals surface area (Å²) >= 11 is 0. The van der Waals surface area contributed by atoms with Crippen molar-refractivity contribution in [3.05, 3.63) is 0 Å². The third kappa shape index (κ3) is 3.21. The van der Waals surface area contributed by atoms with E-state index in [1.54, 1.807) is 0 Å². The van der Waals surface area contributed by atoms with E-state index in [1.165, 1.54) is 12.8 Å². The number of aliphatic hydroxyl groups is 1. The molecule has 2 atom stereocenters. The van der Waals surface area contributed by atoms with Crippen molar-refractivity contribution in [2.24, 2.45) is 0 Å². The van der Waals surface area contributed by atoms with Crippen LogP contribution >= 0.6 is 0 Å². The minimum atomic E-state index is -0.512. The maximum absolute atomic E-state index is 9.52. The third-order valence-corrected chi connectivity index (χ3v) is 2.21. The topological polar surface area (TPSA) is 32.3 Å². The fraction of sp³-hybridized carbons (Fsp3) is 1.00. The number of hydrogen-bond donors (Lipinski definition) is 2. The van der Waals surface area contributed by atoms with E-state index in [2.05, 4.69) is 12.2 Å². The molecule has 2 nitrogen and oxygen atoms in total. The molecule has 0 radical (unpaired) electrons. The quantitative estimate of drug-likeness (QED) is 0.633. The maximum atomic E-state index is 9.52. The van der Waals surface area contributed by atoms with Gasteiger partial charge in [0.05, 0.1) is 5.60 Å². The summed E-state index contributed by atoms with van der Waals surface area (Å²) < 4.78 is 0. The van der Waals surface area contributed by atoms with Crippen molar-refractivity contribution < 1.29 is 5.11 Å². The highest BCUT2D eigenvalue weighted by Crippen LogP contribution is 2.20. The highest BCUT2D eigenvalue weighted by molar-refractivity contribution is 4.84. The molecule has 1 aliphatic heterocycles. The lowest BCUT2D eigenvalue weighted by Gasteiger charge is -2.22. The summed E-state index contributed by atoms with van der Waals surface area (Å²) in [6, 6.07) is 1.17. The largest absolute Gasteiger partial charge is 0.390 e. The summed E-state index contributed by atoms with van der Waals surface area (Å²) in [5.41, 5.74) is -0.512. The zero-order chi connectivity index (χ0) is 8.48. The molecule has 0 aromatic heterocycles. The van der Waals surface area contributed by atoms with Gasteiger partial charge in [-0.3, -0.25) is 0 Å². The highest BCUT2D eigenvalue weighted by atomic mass is 16.3.